The number of fused-ring (bicyclic) bond motifs is 1. The lowest BCUT2D eigenvalue weighted by atomic mass is 9.84. The second-order valence-electron chi connectivity index (χ2n) is 10.9. The molecule has 15 N–H and O–H groups in total. The zero-order chi connectivity index (χ0) is 29.3. The second kappa shape index (κ2) is 13.7. The van der Waals surface area contributed by atoms with E-state index in [9.17, 15) is 35.7 Å². The topological polar surface area (TPSA) is 290 Å². The number of ether oxygens (including phenoxy) is 5. The quantitative estimate of drug-likeness (QED) is 0.120. The van der Waals surface area contributed by atoms with E-state index >= 15 is 0 Å². The minimum atomic E-state index is -1.55. The van der Waals surface area contributed by atoms with E-state index in [4.69, 9.17) is 40.9 Å². The fourth-order valence-corrected chi connectivity index (χ4v) is 5.86. The summed E-state index contributed by atoms with van der Waals surface area (Å²) in [6.45, 7) is -0.465. The van der Waals surface area contributed by atoms with Crippen molar-refractivity contribution in [2.75, 3.05) is 26.8 Å². The summed E-state index contributed by atoms with van der Waals surface area (Å²) < 4.78 is 29.5. The number of likely N-dealkylation sites (N-methyl/N-ethyl adjacent to an activating group) is 1. The maximum absolute atomic E-state index is 11.2. The van der Waals surface area contributed by atoms with Gasteiger partial charge in [-0.3, -0.25) is 0 Å². The summed E-state index contributed by atoms with van der Waals surface area (Å²) in [6.07, 6.45) is -13.8. The Bertz CT molecular complexity index is 803. The molecule has 17 nitrogen and oxygen atoms in total. The molecular formula is C23H45N5O12. The summed E-state index contributed by atoms with van der Waals surface area (Å²) in [5.74, 6) is 0. The Morgan fingerprint density at radius 2 is 1.50 bits per heavy atom. The Morgan fingerprint density at radius 1 is 0.775 bits per heavy atom. The number of hydrogen-bond acceptors (Lipinski definition) is 17. The molecule has 1 aliphatic carbocycles. The smallest absolute Gasteiger partial charge is 0.189 e. The van der Waals surface area contributed by atoms with Crippen LogP contribution >= 0.6 is 0 Å². The first-order chi connectivity index (χ1) is 19.0. The zero-order valence-corrected chi connectivity index (χ0v) is 22.3. The minimum Gasteiger partial charge on any atom is -0.395 e. The van der Waals surface area contributed by atoms with E-state index in [1.807, 2.05) is 0 Å². The highest BCUT2D eigenvalue weighted by atomic mass is 16.8. The number of nitrogens with one attached hydrogen (secondary N) is 2. The van der Waals surface area contributed by atoms with Gasteiger partial charge in [-0.25, -0.2) is 0 Å². The number of aliphatic hydroxyl groups excluding tert-OH is 7. The Kier molecular flexibility index (Phi) is 11.1. The van der Waals surface area contributed by atoms with Crippen molar-refractivity contribution in [3.8, 4) is 0 Å². The first-order valence-corrected chi connectivity index (χ1v) is 13.6. The van der Waals surface area contributed by atoms with E-state index in [1.54, 1.807) is 7.05 Å². The van der Waals surface area contributed by atoms with Crippen molar-refractivity contribution in [1.29, 1.82) is 0 Å². The van der Waals surface area contributed by atoms with Gasteiger partial charge in [0.2, 0.25) is 0 Å². The van der Waals surface area contributed by atoms with E-state index in [0.29, 0.717) is 0 Å². The molecule has 3 saturated heterocycles. The number of hydrogen-bond donors (Lipinski definition) is 12. The minimum absolute atomic E-state index is 0.142. The van der Waals surface area contributed by atoms with Gasteiger partial charge in [0, 0.05) is 18.6 Å². The van der Waals surface area contributed by atoms with E-state index in [-0.39, 0.29) is 26.0 Å². The van der Waals surface area contributed by atoms with Crippen LogP contribution in [0.15, 0.2) is 0 Å². The molecule has 17 atom stereocenters. The molecule has 0 unspecified atom stereocenters. The largest absolute Gasteiger partial charge is 0.395 e. The van der Waals surface area contributed by atoms with Gasteiger partial charge in [0.25, 0.3) is 0 Å². The number of aliphatic hydroxyl groups is 7. The summed E-state index contributed by atoms with van der Waals surface area (Å²) in [5, 5.41) is 77.7. The molecule has 0 aromatic rings. The molecule has 0 bridgehead atoms. The average Bonchev–Trinajstić information content (AvgIpc) is 2.93. The van der Waals surface area contributed by atoms with Crippen LogP contribution in [0.1, 0.15) is 12.8 Å². The summed E-state index contributed by atoms with van der Waals surface area (Å²) in [7, 11) is 1.55. The second-order valence-corrected chi connectivity index (χ2v) is 10.9. The molecule has 0 aromatic carbocycles. The van der Waals surface area contributed by atoms with Gasteiger partial charge in [-0.1, -0.05) is 0 Å². The molecule has 3 aliphatic heterocycles. The highest BCUT2D eigenvalue weighted by Gasteiger charge is 2.54. The third kappa shape index (κ3) is 6.46. The molecule has 4 aliphatic rings. The van der Waals surface area contributed by atoms with Crippen molar-refractivity contribution < 1.29 is 59.4 Å². The summed E-state index contributed by atoms with van der Waals surface area (Å²) in [6, 6.07) is -3.95. The van der Waals surface area contributed by atoms with Crippen LogP contribution in [0.5, 0.6) is 0 Å². The lowest BCUT2D eigenvalue weighted by Gasteiger charge is -2.51. The van der Waals surface area contributed by atoms with Crippen molar-refractivity contribution in [2.24, 2.45) is 17.2 Å². The normalized spacial score (nSPS) is 51.8. The maximum atomic E-state index is 11.2. The van der Waals surface area contributed by atoms with Crippen molar-refractivity contribution in [1.82, 2.24) is 10.6 Å². The molecule has 234 valence electrons. The lowest BCUT2D eigenvalue weighted by Crippen LogP contribution is -2.70. The standard InChI is InChI=1S/C23H45N5O12/c1-27-13-16(33)20-10(36-22(13)40-23-18(35)15(32)12(26)11(6-30)37-23)5-8(25)21(39-20)38-19-9(28-2-3-29)4-7(24)14(31)17(19)34/h7-23,27-35H,2-6,24-26H2,1H3/t7-,8+,9+,10-,11-,12-,13-,14+,15+,16+,17-,18-,19-,20-,21-,22+,23+/m0/s1. The van der Waals surface area contributed by atoms with Crippen LogP contribution < -0.4 is 27.8 Å². The van der Waals surface area contributed by atoms with Crippen LogP contribution in [-0.2, 0) is 23.7 Å². The van der Waals surface area contributed by atoms with E-state index in [2.05, 4.69) is 10.6 Å². The first-order valence-electron chi connectivity index (χ1n) is 13.6. The Balaban J connectivity index is 1.44. The molecule has 1 saturated carbocycles. The molecule has 4 rings (SSSR count). The predicted octanol–water partition coefficient (Wildman–Crippen LogP) is -7.33. The highest BCUT2D eigenvalue weighted by Crippen LogP contribution is 2.35. The summed E-state index contributed by atoms with van der Waals surface area (Å²) >= 11 is 0. The first kappa shape index (κ1) is 32.2. The van der Waals surface area contributed by atoms with Crippen LogP contribution in [0.3, 0.4) is 0 Å². The Morgan fingerprint density at radius 3 is 2.15 bits per heavy atom. The molecule has 4 fully saturated rings. The number of nitrogens with two attached hydrogens (primary N) is 3. The van der Waals surface area contributed by atoms with Crippen molar-refractivity contribution in [3.05, 3.63) is 0 Å². The van der Waals surface area contributed by atoms with E-state index in [0.717, 1.165) is 0 Å². The third-order valence-electron chi connectivity index (χ3n) is 8.22. The number of rotatable bonds is 9. The van der Waals surface area contributed by atoms with E-state index in [1.165, 1.54) is 0 Å². The predicted molar refractivity (Wildman–Crippen MR) is 134 cm³/mol. The molecule has 3 heterocycles. The third-order valence-corrected chi connectivity index (χ3v) is 8.22. The molecule has 0 aromatic heterocycles. The Labute approximate surface area is 231 Å². The van der Waals surface area contributed by atoms with Crippen LogP contribution in [0.2, 0.25) is 0 Å². The SMILES string of the molecule is CN[C@@H]1[C@@H](O[C@H]2O[C@@H](CO)[C@H](N)[C@@H](O)[C@@H]2O)O[C@H]2C[C@@H](N)[C@@H](O[C@@H]3[C@@H](O)[C@H](O)[C@@H](N)C[C@H]3NCCO)O[C@@H]2[C@@H]1O. The highest BCUT2D eigenvalue weighted by molar-refractivity contribution is 5.02. The van der Waals surface area contributed by atoms with Crippen molar-refractivity contribution in [3.63, 3.8) is 0 Å². The van der Waals surface area contributed by atoms with Crippen LogP contribution in [-0.4, -0.2) is 167 Å². The van der Waals surface area contributed by atoms with Crippen molar-refractivity contribution in [2.45, 2.75) is 117 Å². The Hall–Kier alpha value is -0.680. The van der Waals surface area contributed by atoms with Crippen LogP contribution in [0.25, 0.3) is 0 Å². The molecule has 17 heteroatoms. The maximum Gasteiger partial charge on any atom is 0.189 e. The van der Waals surface area contributed by atoms with Gasteiger partial charge in [0.1, 0.15) is 42.7 Å². The van der Waals surface area contributed by atoms with Gasteiger partial charge in [-0.2, -0.15) is 0 Å². The van der Waals surface area contributed by atoms with Gasteiger partial charge < -0.3 is 87.3 Å². The van der Waals surface area contributed by atoms with Gasteiger partial charge in [-0.05, 0) is 19.9 Å². The molecular weight excluding hydrogens is 538 g/mol. The summed E-state index contributed by atoms with van der Waals surface area (Å²) in [5.41, 5.74) is 18.1. The van der Waals surface area contributed by atoms with E-state index < -0.39 is 111 Å². The van der Waals surface area contributed by atoms with Gasteiger partial charge >= 0.3 is 0 Å². The van der Waals surface area contributed by atoms with Crippen LogP contribution in [0, 0.1) is 0 Å². The fourth-order valence-electron chi connectivity index (χ4n) is 5.86. The van der Waals surface area contributed by atoms with Gasteiger partial charge in [0.15, 0.2) is 18.9 Å². The van der Waals surface area contributed by atoms with Gasteiger partial charge in [-0.15, -0.1) is 0 Å². The van der Waals surface area contributed by atoms with Crippen LogP contribution in [0.4, 0.5) is 0 Å². The molecule has 0 amide bonds. The van der Waals surface area contributed by atoms with Gasteiger partial charge in [0.05, 0.1) is 43.5 Å². The monoisotopic (exact) mass is 583 g/mol. The van der Waals surface area contributed by atoms with Crippen molar-refractivity contribution >= 4 is 0 Å². The lowest BCUT2D eigenvalue weighted by molar-refractivity contribution is -0.373. The fraction of sp³-hybridized carbons (Fsp3) is 1.00. The molecule has 0 spiro atoms. The molecule has 0 radical (unpaired) electrons. The summed E-state index contributed by atoms with van der Waals surface area (Å²) in [4.78, 5) is 0. The zero-order valence-electron chi connectivity index (χ0n) is 22.3. The molecule has 40 heavy (non-hydrogen) atoms. The average molecular weight is 584 g/mol.